The van der Waals surface area contributed by atoms with Gasteiger partial charge in [0.15, 0.2) is 0 Å². The lowest BCUT2D eigenvalue weighted by molar-refractivity contribution is -0.144. The van der Waals surface area contributed by atoms with E-state index < -0.39 is 23.5 Å². The third kappa shape index (κ3) is 5.73. The maximum absolute atomic E-state index is 13.6. The van der Waals surface area contributed by atoms with Gasteiger partial charge in [0.25, 0.3) is 0 Å². The first-order valence-corrected chi connectivity index (χ1v) is 11.9. The van der Waals surface area contributed by atoms with Crippen molar-refractivity contribution in [3.05, 3.63) is 35.4 Å². The van der Waals surface area contributed by atoms with Crippen molar-refractivity contribution in [1.82, 2.24) is 20.9 Å². The standard InChI is InChI=1S/C25H39N5O3/c1-15(27-5)22(31)29-21(25(2,3)4)24(33)30-14-17(26)13-20(30)23(32)28-19-12-8-10-16-9-6-7-11-18(16)19/h6-7,9,11,15,17,19-21,27H,8,10,12-14,26H2,1-5H3,(H,28,32)(H,29,31)/t15-,17-,19+,20-,21?/m0/s1. The number of aryl methyl sites for hydroxylation is 1. The Morgan fingerprint density at radius 2 is 1.88 bits per heavy atom. The number of nitrogens with one attached hydrogen (secondary N) is 3. The number of amides is 3. The molecule has 1 heterocycles. The Bertz CT molecular complexity index is 881. The van der Waals surface area contributed by atoms with Crippen molar-refractivity contribution in [3.63, 3.8) is 0 Å². The van der Waals surface area contributed by atoms with Gasteiger partial charge in [-0.15, -0.1) is 0 Å². The average Bonchev–Trinajstić information content (AvgIpc) is 3.17. The van der Waals surface area contributed by atoms with Crippen LogP contribution in [0.4, 0.5) is 0 Å². The summed E-state index contributed by atoms with van der Waals surface area (Å²) in [4.78, 5) is 41.1. The lowest BCUT2D eigenvalue weighted by atomic mass is 9.85. The third-order valence-electron chi connectivity index (χ3n) is 6.83. The molecule has 0 saturated carbocycles. The van der Waals surface area contributed by atoms with E-state index in [0.717, 1.165) is 24.8 Å². The van der Waals surface area contributed by atoms with Crippen molar-refractivity contribution in [1.29, 1.82) is 0 Å². The zero-order valence-electron chi connectivity index (χ0n) is 20.5. The quantitative estimate of drug-likeness (QED) is 0.513. The van der Waals surface area contributed by atoms with Crippen molar-refractivity contribution in [3.8, 4) is 0 Å². The molecule has 1 unspecified atom stereocenters. The SMILES string of the molecule is CN[C@@H](C)C(=O)NC(C(=O)N1C[C@@H](N)C[C@H]1C(=O)N[C@@H]1CCCc2ccccc21)C(C)(C)C. The Morgan fingerprint density at radius 1 is 1.18 bits per heavy atom. The smallest absolute Gasteiger partial charge is 0.246 e. The molecule has 2 aliphatic rings. The van der Waals surface area contributed by atoms with Crippen LogP contribution in [0.1, 0.15) is 64.1 Å². The molecule has 5 N–H and O–H groups in total. The topological polar surface area (TPSA) is 117 Å². The van der Waals surface area contributed by atoms with E-state index in [4.69, 9.17) is 5.73 Å². The minimum absolute atomic E-state index is 0.0641. The maximum Gasteiger partial charge on any atom is 0.246 e. The zero-order chi connectivity index (χ0) is 24.3. The molecule has 0 spiro atoms. The summed E-state index contributed by atoms with van der Waals surface area (Å²) in [6.45, 7) is 7.75. The van der Waals surface area contributed by atoms with E-state index in [1.165, 1.54) is 5.56 Å². The summed E-state index contributed by atoms with van der Waals surface area (Å²) in [7, 11) is 1.70. The van der Waals surface area contributed by atoms with Gasteiger partial charge in [0.2, 0.25) is 17.7 Å². The Morgan fingerprint density at radius 3 is 2.55 bits per heavy atom. The maximum atomic E-state index is 13.6. The normalized spacial score (nSPS) is 24.5. The molecule has 5 atom stereocenters. The van der Waals surface area contributed by atoms with Gasteiger partial charge in [-0.25, -0.2) is 0 Å². The molecule has 0 aromatic heterocycles. The number of carbonyl (C=O) groups is 3. The molecule has 1 aromatic rings. The van der Waals surface area contributed by atoms with E-state index in [1.54, 1.807) is 18.9 Å². The number of rotatable bonds is 6. The van der Waals surface area contributed by atoms with Gasteiger partial charge in [-0.1, -0.05) is 45.0 Å². The fourth-order valence-electron chi connectivity index (χ4n) is 4.75. The molecule has 1 aromatic carbocycles. The molecule has 8 heteroatoms. The molecule has 1 fully saturated rings. The number of hydrogen-bond donors (Lipinski definition) is 4. The van der Waals surface area contributed by atoms with Crippen molar-refractivity contribution in [2.24, 2.45) is 11.1 Å². The summed E-state index contributed by atoms with van der Waals surface area (Å²) in [6.07, 6.45) is 3.30. The van der Waals surface area contributed by atoms with Crippen molar-refractivity contribution in [2.45, 2.75) is 83.6 Å². The van der Waals surface area contributed by atoms with Crippen LogP contribution < -0.4 is 21.7 Å². The number of benzene rings is 1. The number of nitrogens with two attached hydrogens (primary N) is 1. The minimum atomic E-state index is -0.767. The van der Waals surface area contributed by atoms with Crippen LogP contribution in [0.5, 0.6) is 0 Å². The number of likely N-dealkylation sites (N-methyl/N-ethyl adjacent to an activating group) is 1. The highest BCUT2D eigenvalue weighted by Gasteiger charge is 2.44. The van der Waals surface area contributed by atoms with E-state index in [9.17, 15) is 14.4 Å². The first kappa shape index (κ1) is 25.2. The predicted molar refractivity (Wildman–Crippen MR) is 128 cm³/mol. The van der Waals surface area contributed by atoms with Crippen LogP contribution in [0.3, 0.4) is 0 Å². The Labute approximate surface area is 197 Å². The van der Waals surface area contributed by atoms with Crippen LogP contribution in [-0.2, 0) is 20.8 Å². The van der Waals surface area contributed by atoms with Gasteiger partial charge in [0.1, 0.15) is 12.1 Å². The van der Waals surface area contributed by atoms with Gasteiger partial charge in [-0.3, -0.25) is 14.4 Å². The van der Waals surface area contributed by atoms with E-state index in [-0.39, 0.29) is 29.8 Å². The number of hydrogen-bond acceptors (Lipinski definition) is 5. The number of carbonyl (C=O) groups excluding carboxylic acids is 3. The first-order valence-electron chi connectivity index (χ1n) is 11.9. The van der Waals surface area contributed by atoms with Gasteiger partial charge < -0.3 is 26.6 Å². The predicted octanol–water partition coefficient (Wildman–Crippen LogP) is 1.25. The number of nitrogens with zero attached hydrogens (tertiary/aromatic N) is 1. The van der Waals surface area contributed by atoms with Crippen LogP contribution in [0.15, 0.2) is 24.3 Å². The van der Waals surface area contributed by atoms with Crippen LogP contribution in [0, 0.1) is 5.41 Å². The van der Waals surface area contributed by atoms with E-state index in [2.05, 4.69) is 28.1 Å². The average molecular weight is 458 g/mol. The molecule has 0 radical (unpaired) electrons. The minimum Gasteiger partial charge on any atom is -0.347 e. The van der Waals surface area contributed by atoms with Crippen molar-refractivity contribution >= 4 is 17.7 Å². The van der Waals surface area contributed by atoms with Gasteiger partial charge in [0, 0.05) is 12.6 Å². The molecule has 1 aliphatic heterocycles. The van der Waals surface area contributed by atoms with E-state index >= 15 is 0 Å². The lowest BCUT2D eigenvalue weighted by Gasteiger charge is -2.36. The van der Waals surface area contributed by atoms with Crippen molar-refractivity contribution in [2.75, 3.05) is 13.6 Å². The van der Waals surface area contributed by atoms with Crippen LogP contribution >= 0.6 is 0 Å². The summed E-state index contributed by atoms with van der Waals surface area (Å²) in [5.74, 6) is -0.703. The molecule has 1 saturated heterocycles. The van der Waals surface area contributed by atoms with Gasteiger partial charge in [0.05, 0.1) is 12.1 Å². The van der Waals surface area contributed by atoms with Gasteiger partial charge in [-0.2, -0.15) is 0 Å². The second-order valence-electron chi connectivity index (χ2n) is 10.5. The molecular formula is C25H39N5O3. The molecule has 3 rings (SSSR count). The molecule has 1 aliphatic carbocycles. The summed E-state index contributed by atoms with van der Waals surface area (Å²) in [6, 6.07) is 5.99. The van der Waals surface area contributed by atoms with E-state index in [0.29, 0.717) is 13.0 Å². The van der Waals surface area contributed by atoms with Crippen molar-refractivity contribution < 1.29 is 14.4 Å². The Balaban J connectivity index is 1.78. The molecular weight excluding hydrogens is 418 g/mol. The third-order valence-corrected chi connectivity index (χ3v) is 6.83. The summed E-state index contributed by atoms with van der Waals surface area (Å²) in [5.41, 5.74) is 8.09. The molecule has 0 bridgehead atoms. The number of fused-ring (bicyclic) bond motifs is 1. The number of likely N-dealkylation sites (tertiary alicyclic amines) is 1. The molecule has 182 valence electrons. The fraction of sp³-hybridized carbons (Fsp3) is 0.640. The van der Waals surface area contributed by atoms with Gasteiger partial charge in [-0.05, 0) is 56.2 Å². The van der Waals surface area contributed by atoms with E-state index in [1.807, 2.05) is 32.9 Å². The van der Waals surface area contributed by atoms with Crippen LogP contribution in [-0.4, -0.2) is 60.4 Å². The molecule has 8 nitrogen and oxygen atoms in total. The molecule has 3 amide bonds. The lowest BCUT2D eigenvalue weighted by Crippen LogP contribution is -2.59. The second-order valence-corrected chi connectivity index (χ2v) is 10.5. The second kappa shape index (κ2) is 10.2. The molecule has 33 heavy (non-hydrogen) atoms. The largest absolute Gasteiger partial charge is 0.347 e. The van der Waals surface area contributed by atoms with Crippen LogP contribution in [0.25, 0.3) is 0 Å². The highest BCUT2D eigenvalue weighted by Crippen LogP contribution is 2.31. The summed E-state index contributed by atoms with van der Waals surface area (Å²) >= 11 is 0. The summed E-state index contributed by atoms with van der Waals surface area (Å²) in [5, 5.41) is 8.97. The Kier molecular flexibility index (Phi) is 7.80. The zero-order valence-corrected chi connectivity index (χ0v) is 20.5. The van der Waals surface area contributed by atoms with Gasteiger partial charge >= 0.3 is 0 Å². The monoisotopic (exact) mass is 457 g/mol. The fourth-order valence-corrected chi connectivity index (χ4v) is 4.75. The highest BCUT2D eigenvalue weighted by molar-refractivity contribution is 5.94. The Hall–Kier alpha value is -2.45. The highest BCUT2D eigenvalue weighted by atomic mass is 16.2. The summed E-state index contributed by atoms with van der Waals surface area (Å²) < 4.78 is 0. The van der Waals surface area contributed by atoms with Crippen LogP contribution in [0.2, 0.25) is 0 Å². The first-order chi connectivity index (χ1) is 15.5.